The molecule has 0 saturated carbocycles. The van der Waals surface area contributed by atoms with E-state index in [-0.39, 0.29) is 17.5 Å². The summed E-state index contributed by atoms with van der Waals surface area (Å²) < 4.78 is 25.3. The lowest BCUT2D eigenvalue weighted by Gasteiger charge is -2.22. The Morgan fingerprint density at radius 3 is 3.00 bits per heavy atom. The van der Waals surface area contributed by atoms with Crippen LogP contribution in [0.15, 0.2) is 30.4 Å². The highest BCUT2D eigenvalue weighted by Gasteiger charge is 2.67. The van der Waals surface area contributed by atoms with Gasteiger partial charge in [0.15, 0.2) is 0 Å². The zero-order valence-electron chi connectivity index (χ0n) is 15.0. The highest BCUT2D eigenvalue weighted by atomic mass is 35.5. The minimum Gasteiger partial charge on any atom is -0.465 e. The number of rotatable bonds is 6. The zero-order valence-corrected chi connectivity index (χ0v) is 15.7. The molecule has 3 aliphatic rings. The Morgan fingerprint density at radius 2 is 2.26 bits per heavy atom. The van der Waals surface area contributed by atoms with Gasteiger partial charge in [0.05, 0.1) is 30.2 Å². The van der Waals surface area contributed by atoms with Crippen molar-refractivity contribution in [2.45, 2.75) is 37.9 Å². The van der Waals surface area contributed by atoms with E-state index in [1.807, 2.05) is 12.2 Å². The molecule has 3 aliphatic heterocycles. The fourth-order valence-corrected chi connectivity index (χ4v) is 4.38. The Labute approximate surface area is 162 Å². The first-order valence-electron chi connectivity index (χ1n) is 9.27. The van der Waals surface area contributed by atoms with Gasteiger partial charge in [-0.15, -0.1) is 0 Å². The van der Waals surface area contributed by atoms with Crippen molar-refractivity contribution < 1.29 is 23.5 Å². The van der Waals surface area contributed by atoms with Crippen LogP contribution in [0.5, 0.6) is 0 Å². The van der Waals surface area contributed by atoms with Crippen LogP contribution in [0, 0.1) is 17.7 Å². The van der Waals surface area contributed by atoms with Crippen LogP contribution in [0.25, 0.3) is 0 Å². The number of amides is 1. The molecular weight excluding hydrogens is 373 g/mol. The van der Waals surface area contributed by atoms with Crippen LogP contribution in [0.1, 0.15) is 26.2 Å². The van der Waals surface area contributed by atoms with Crippen molar-refractivity contribution in [1.82, 2.24) is 0 Å². The Morgan fingerprint density at radius 1 is 1.44 bits per heavy atom. The van der Waals surface area contributed by atoms with Crippen molar-refractivity contribution in [2.24, 2.45) is 11.8 Å². The highest BCUT2D eigenvalue weighted by molar-refractivity contribution is 6.30. The van der Waals surface area contributed by atoms with Crippen LogP contribution in [0.2, 0.25) is 5.02 Å². The van der Waals surface area contributed by atoms with E-state index in [1.165, 1.54) is 17.0 Å². The van der Waals surface area contributed by atoms with E-state index in [1.54, 1.807) is 6.07 Å². The van der Waals surface area contributed by atoms with Crippen molar-refractivity contribution in [3.05, 3.63) is 41.2 Å². The summed E-state index contributed by atoms with van der Waals surface area (Å²) in [6, 6.07) is 4.24. The van der Waals surface area contributed by atoms with Gasteiger partial charge in [-0.05, 0) is 24.6 Å². The number of carbonyl (C=O) groups is 2. The molecule has 1 amide bonds. The average Bonchev–Trinajstić information content (AvgIpc) is 3.29. The molecular formula is C20H21ClFNO4. The molecule has 0 aliphatic carbocycles. The monoisotopic (exact) mass is 393 g/mol. The molecule has 0 aromatic heterocycles. The Kier molecular flexibility index (Phi) is 4.72. The number of hydrogen-bond donors (Lipinski definition) is 0. The minimum absolute atomic E-state index is 0.00522. The number of anilines is 1. The second-order valence-corrected chi connectivity index (χ2v) is 7.70. The first-order chi connectivity index (χ1) is 13.0. The quantitative estimate of drug-likeness (QED) is 0.421. The molecule has 144 valence electrons. The molecule has 5 nitrogen and oxygen atoms in total. The number of nitrogens with zero attached hydrogens (tertiary/aromatic N) is 1. The van der Waals surface area contributed by atoms with Gasteiger partial charge >= 0.3 is 5.97 Å². The summed E-state index contributed by atoms with van der Waals surface area (Å²) in [5, 5.41) is -0.00522. The summed E-state index contributed by atoms with van der Waals surface area (Å²) in [6.45, 7) is 2.66. The van der Waals surface area contributed by atoms with E-state index in [2.05, 4.69) is 6.92 Å². The number of carbonyl (C=O) groups excluding carboxylic acids is 2. The van der Waals surface area contributed by atoms with Crippen LogP contribution in [-0.2, 0) is 19.1 Å². The fraction of sp³-hybridized carbons (Fsp3) is 0.500. The fourth-order valence-electron chi connectivity index (χ4n) is 4.26. The maximum absolute atomic E-state index is 13.9. The number of halogens is 2. The number of ether oxygens (including phenoxy) is 2. The predicted octanol–water partition coefficient (Wildman–Crippen LogP) is 3.50. The molecule has 1 aromatic carbocycles. The summed E-state index contributed by atoms with van der Waals surface area (Å²) in [7, 11) is 0. The van der Waals surface area contributed by atoms with Crippen molar-refractivity contribution in [3.8, 4) is 0 Å². The van der Waals surface area contributed by atoms with Gasteiger partial charge in [0.25, 0.3) is 0 Å². The molecule has 7 heteroatoms. The molecule has 0 unspecified atom stereocenters. The van der Waals surface area contributed by atoms with Crippen LogP contribution in [-0.4, -0.2) is 36.7 Å². The van der Waals surface area contributed by atoms with Crippen LogP contribution in [0.4, 0.5) is 10.1 Å². The molecule has 1 aromatic rings. The maximum atomic E-state index is 13.9. The molecule has 3 heterocycles. The standard InChI is InChI=1S/C20H21ClFNO4/c1-2-3-4-9-26-19(25)16-15-7-8-20(27-15)11-23(18(24)17(16)20)12-5-6-13(21)14(22)10-12/h5-8,10,15-17H,2-4,9,11H2,1H3/t15-,16-,17+,20-/m1/s1. The summed E-state index contributed by atoms with van der Waals surface area (Å²) >= 11 is 5.74. The molecule has 4 atom stereocenters. The summed E-state index contributed by atoms with van der Waals surface area (Å²) in [5.74, 6) is -2.55. The first kappa shape index (κ1) is 18.4. The van der Waals surface area contributed by atoms with Gasteiger partial charge in [0, 0.05) is 5.69 Å². The smallest absolute Gasteiger partial charge is 0.312 e. The van der Waals surface area contributed by atoms with E-state index in [0.29, 0.717) is 12.3 Å². The third-order valence-corrected chi connectivity index (χ3v) is 5.89. The van der Waals surface area contributed by atoms with E-state index in [4.69, 9.17) is 21.1 Å². The number of esters is 1. The van der Waals surface area contributed by atoms with Crippen molar-refractivity contribution >= 4 is 29.2 Å². The highest BCUT2D eigenvalue weighted by Crippen LogP contribution is 2.53. The number of fused-ring (bicyclic) bond motifs is 1. The molecule has 27 heavy (non-hydrogen) atoms. The number of unbranched alkanes of at least 4 members (excludes halogenated alkanes) is 2. The predicted molar refractivity (Wildman–Crippen MR) is 98.0 cm³/mol. The number of hydrogen-bond acceptors (Lipinski definition) is 4. The largest absolute Gasteiger partial charge is 0.465 e. The molecule has 2 bridgehead atoms. The topological polar surface area (TPSA) is 55.8 Å². The van der Waals surface area contributed by atoms with Gasteiger partial charge in [-0.3, -0.25) is 9.59 Å². The van der Waals surface area contributed by atoms with E-state index >= 15 is 0 Å². The van der Waals surface area contributed by atoms with Crippen LogP contribution in [0.3, 0.4) is 0 Å². The molecule has 1 spiro atoms. The summed E-state index contributed by atoms with van der Waals surface area (Å²) in [6.07, 6.45) is 6.06. The second-order valence-electron chi connectivity index (χ2n) is 7.30. The molecule has 4 rings (SSSR count). The number of benzene rings is 1. The third kappa shape index (κ3) is 2.95. The van der Waals surface area contributed by atoms with E-state index < -0.39 is 35.3 Å². The van der Waals surface area contributed by atoms with Gasteiger partial charge in [-0.25, -0.2) is 4.39 Å². The molecule has 2 saturated heterocycles. The molecule has 0 N–H and O–H groups in total. The van der Waals surface area contributed by atoms with Gasteiger partial charge < -0.3 is 14.4 Å². The normalized spacial score (nSPS) is 30.9. The Bertz CT molecular complexity index is 813. The zero-order chi connectivity index (χ0) is 19.2. The van der Waals surface area contributed by atoms with Gasteiger partial charge in [0.1, 0.15) is 17.3 Å². The lowest BCUT2D eigenvalue weighted by molar-refractivity contribution is -0.152. The Balaban J connectivity index is 1.55. The maximum Gasteiger partial charge on any atom is 0.312 e. The van der Waals surface area contributed by atoms with Crippen LogP contribution >= 0.6 is 11.6 Å². The second kappa shape index (κ2) is 6.91. The molecule has 0 radical (unpaired) electrons. The summed E-state index contributed by atoms with van der Waals surface area (Å²) in [5.41, 5.74) is -0.452. The van der Waals surface area contributed by atoms with Crippen LogP contribution < -0.4 is 4.90 Å². The minimum atomic E-state index is -0.856. The van der Waals surface area contributed by atoms with Gasteiger partial charge in [0.2, 0.25) is 5.91 Å². The van der Waals surface area contributed by atoms with Crippen molar-refractivity contribution in [1.29, 1.82) is 0 Å². The van der Waals surface area contributed by atoms with Gasteiger partial charge in [-0.1, -0.05) is 43.5 Å². The van der Waals surface area contributed by atoms with Gasteiger partial charge in [-0.2, -0.15) is 0 Å². The first-order valence-corrected chi connectivity index (χ1v) is 9.65. The van der Waals surface area contributed by atoms with E-state index in [9.17, 15) is 14.0 Å². The lowest BCUT2D eigenvalue weighted by Crippen LogP contribution is -2.40. The third-order valence-electron chi connectivity index (χ3n) is 5.58. The SMILES string of the molecule is CCCCCOC(=O)[C@H]1[C@H]2C(=O)N(c3ccc(Cl)c(F)c3)C[C@]23C=C[C@H]1O3. The van der Waals surface area contributed by atoms with E-state index in [0.717, 1.165) is 19.3 Å². The Hall–Kier alpha value is -1.92. The van der Waals surface area contributed by atoms with Crippen molar-refractivity contribution in [2.75, 3.05) is 18.1 Å². The lowest BCUT2D eigenvalue weighted by atomic mass is 9.77. The molecule has 2 fully saturated rings. The average molecular weight is 394 g/mol. The van der Waals surface area contributed by atoms with Crippen molar-refractivity contribution in [3.63, 3.8) is 0 Å². The summed E-state index contributed by atoms with van der Waals surface area (Å²) in [4.78, 5) is 27.2.